The SMILES string of the molecule is NS(=O)(=O)C1CN(CCCl)C1. The number of sulfonamides is 1. The highest BCUT2D eigenvalue weighted by molar-refractivity contribution is 7.89. The molecule has 4 nitrogen and oxygen atoms in total. The maximum atomic E-state index is 10.7. The van der Waals surface area contributed by atoms with Crippen molar-refractivity contribution in [2.45, 2.75) is 5.25 Å². The Bertz CT molecular complexity index is 223. The Hall–Kier alpha value is 0.160. The Morgan fingerprint density at radius 2 is 2.09 bits per heavy atom. The predicted molar refractivity (Wildman–Crippen MR) is 44.1 cm³/mol. The fourth-order valence-electron chi connectivity index (χ4n) is 1.03. The summed E-state index contributed by atoms with van der Waals surface area (Å²) in [4.78, 5) is 1.96. The highest BCUT2D eigenvalue weighted by atomic mass is 35.5. The molecule has 11 heavy (non-hydrogen) atoms. The Labute approximate surface area is 71.4 Å². The van der Waals surface area contributed by atoms with E-state index in [2.05, 4.69) is 0 Å². The number of alkyl halides is 1. The molecular weight excluding hydrogens is 188 g/mol. The van der Waals surface area contributed by atoms with Gasteiger partial charge in [-0.2, -0.15) is 0 Å². The van der Waals surface area contributed by atoms with E-state index in [4.69, 9.17) is 16.7 Å². The first-order valence-electron chi connectivity index (χ1n) is 3.34. The maximum absolute atomic E-state index is 10.7. The van der Waals surface area contributed by atoms with Crippen LogP contribution in [0.4, 0.5) is 0 Å². The number of nitrogens with two attached hydrogens (primary N) is 1. The summed E-state index contributed by atoms with van der Waals surface area (Å²) in [6, 6.07) is 0. The smallest absolute Gasteiger partial charge is 0.214 e. The molecule has 0 aromatic heterocycles. The summed E-state index contributed by atoms with van der Waals surface area (Å²) in [5.74, 6) is 0.539. The minimum atomic E-state index is -3.30. The van der Waals surface area contributed by atoms with Crippen molar-refractivity contribution in [3.63, 3.8) is 0 Å². The third-order valence-electron chi connectivity index (χ3n) is 1.79. The molecule has 0 radical (unpaired) electrons. The van der Waals surface area contributed by atoms with Gasteiger partial charge in [0.05, 0.1) is 0 Å². The summed E-state index contributed by atoms with van der Waals surface area (Å²) < 4.78 is 21.4. The molecule has 2 N–H and O–H groups in total. The average molecular weight is 199 g/mol. The van der Waals surface area contributed by atoms with Gasteiger partial charge in [0.2, 0.25) is 10.0 Å². The zero-order chi connectivity index (χ0) is 8.48. The minimum absolute atomic E-state index is 0.370. The zero-order valence-electron chi connectivity index (χ0n) is 6.03. The van der Waals surface area contributed by atoms with Crippen molar-refractivity contribution in [2.24, 2.45) is 5.14 Å². The molecule has 1 saturated heterocycles. The van der Waals surface area contributed by atoms with Gasteiger partial charge in [-0.25, -0.2) is 13.6 Å². The monoisotopic (exact) mass is 198 g/mol. The van der Waals surface area contributed by atoms with Crippen molar-refractivity contribution in [2.75, 3.05) is 25.5 Å². The van der Waals surface area contributed by atoms with Gasteiger partial charge in [-0.3, -0.25) is 4.90 Å². The second-order valence-corrected chi connectivity index (χ2v) is 4.88. The van der Waals surface area contributed by atoms with Crippen molar-refractivity contribution >= 4 is 21.6 Å². The topological polar surface area (TPSA) is 63.4 Å². The number of rotatable bonds is 3. The average Bonchev–Trinajstić information content (AvgIpc) is 1.74. The largest absolute Gasteiger partial charge is 0.299 e. The summed E-state index contributed by atoms with van der Waals surface area (Å²) in [5, 5.41) is 4.54. The normalized spacial score (nSPS) is 21.6. The van der Waals surface area contributed by atoms with Crippen LogP contribution in [0, 0.1) is 0 Å². The highest BCUT2D eigenvalue weighted by Gasteiger charge is 2.34. The van der Waals surface area contributed by atoms with E-state index >= 15 is 0 Å². The van der Waals surface area contributed by atoms with Gasteiger partial charge in [-0.15, -0.1) is 11.6 Å². The molecule has 1 rings (SSSR count). The lowest BCUT2D eigenvalue weighted by Gasteiger charge is -2.36. The molecule has 1 heterocycles. The number of hydrogen-bond acceptors (Lipinski definition) is 3. The second kappa shape index (κ2) is 3.26. The van der Waals surface area contributed by atoms with Crippen LogP contribution >= 0.6 is 11.6 Å². The predicted octanol–water partition coefficient (Wildman–Crippen LogP) is -0.802. The van der Waals surface area contributed by atoms with E-state index in [1.165, 1.54) is 0 Å². The van der Waals surface area contributed by atoms with Crippen molar-refractivity contribution in [1.82, 2.24) is 4.90 Å². The quantitative estimate of drug-likeness (QED) is 0.604. The molecule has 0 spiro atoms. The van der Waals surface area contributed by atoms with Gasteiger partial charge in [0.25, 0.3) is 0 Å². The summed E-state index contributed by atoms with van der Waals surface area (Å²) in [7, 11) is -3.30. The van der Waals surface area contributed by atoms with Crippen molar-refractivity contribution in [3.8, 4) is 0 Å². The molecule has 6 heteroatoms. The lowest BCUT2D eigenvalue weighted by Crippen LogP contribution is -2.56. The highest BCUT2D eigenvalue weighted by Crippen LogP contribution is 2.12. The third kappa shape index (κ3) is 2.30. The summed E-state index contributed by atoms with van der Waals surface area (Å²) >= 11 is 5.45. The number of halogens is 1. The first kappa shape index (κ1) is 9.25. The van der Waals surface area contributed by atoms with Crippen LogP contribution in [-0.2, 0) is 10.0 Å². The number of nitrogens with zero attached hydrogens (tertiary/aromatic N) is 1. The number of primary sulfonamides is 1. The molecule has 0 unspecified atom stereocenters. The maximum Gasteiger partial charge on any atom is 0.214 e. The molecule has 1 aliphatic rings. The van der Waals surface area contributed by atoms with Crippen LogP contribution < -0.4 is 5.14 Å². The van der Waals surface area contributed by atoms with Crippen molar-refractivity contribution in [3.05, 3.63) is 0 Å². The van der Waals surface area contributed by atoms with Gasteiger partial charge in [-0.1, -0.05) is 0 Å². The van der Waals surface area contributed by atoms with E-state index in [1.807, 2.05) is 4.90 Å². The molecule has 0 aromatic rings. The zero-order valence-corrected chi connectivity index (χ0v) is 7.61. The molecule has 1 fully saturated rings. The van der Waals surface area contributed by atoms with E-state index in [1.54, 1.807) is 0 Å². The third-order valence-corrected chi connectivity index (χ3v) is 3.19. The van der Waals surface area contributed by atoms with Crippen molar-refractivity contribution in [1.29, 1.82) is 0 Å². The molecule has 0 aromatic carbocycles. The van der Waals surface area contributed by atoms with Crippen LogP contribution in [0.15, 0.2) is 0 Å². The molecule has 0 atom stereocenters. The minimum Gasteiger partial charge on any atom is -0.299 e. The van der Waals surface area contributed by atoms with Gasteiger partial charge >= 0.3 is 0 Å². The molecule has 0 amide bonds. The molecule has 0 aliphatic carbocycles. The molecule has 0 saturated carbocycles. The second-order valence-electron chi connectivity index (χ2n) is 2.66. The molecule has 1 aliphatic heterocycles. The van der Waals surface area contributed by atoms with Crippen LogP contribution in [0.25, 0.3) is 0 Å². The summed E-state index contributed by atoms with van der Waals surface area (Å²) in [6.07, 6.45) is 0. The standard InChI is InChI=1S/C5H11ClN2O2S/c6-1-2-8-3-5(4-8)11(7,9)10/h5H,1-4H2,(H2,7,9,10). The fourth-order valence-corrected chi connectivity index (χ4v) is 2.11. The molecule has 66 valence electrons. The van der Waals surface area contributed by atoms with Crippen LogP contribution in [-0.4, -0.2) is 44.1 Å². The first-order valence-corrected chi connectivity index (χ1v) is 5.48. The van der Waals surface area contributed by atoms with Crippen LogP contribution in [0.5, 0.6) is 0 Å². The first-order chi connectivity index (χ1) is 5.04. The summed E-state index contributed by atoms with van der Waals surface area (Å²) in [6.45, 7) is 1.81. The van der Waals surface area contributed by atoms with Crippen LogP contribution in [0.2, 0.25) is 0 Å². The Kier molecular flexibility index (Phi) is 2.74. The van der Waals surface area contributed by atoms with Crippen LogP contribution in [0.3, 0.4) is 0 Å². The van der Waals surface area contributed by atoms with Gasteiger partial charge < -0.3 is 0 Å². The van der Waals surface area contributed by atoms with E-state index in [9.17, 15) is 8.42 Å². The molecular formula is C5H11ClN2O2S. The van der Waals surface area contributed by atoms with E-state index < -0.39 is 10.0 Å². The number of hydrogen-bond donors (Lipinski definition) is 1. The van der Waals surface area contributed by atoms with Gasteiger partial charge in [-0.05, 0) is 0 Å². The Morgan fingerprint density at radius 1 is 1.55 bits per heavy atom. The lowest BCUT2D eigenvalue weighted by atomic mass is 10.2. The van der Waals surface area contributed by atoms with Crippen LogP contribution in [0.1, 0.15) is 0 Å². The Morgan fingerprint density at radius 3 is 2.45 bits per heavy atom. The fraction of sp³-hybridized carbons (Fsp3) is 1.00. The summed E-state index contributed by atoms with van der Waals surface area (Å²) in [5.41, 5.74) is 0. The number of likely N-dealkylation sites (tertiary alicyclic amines) is 1. The lowest BCUT2D eigenvalue weighted by molar-refractivity contribution is 0.197. The van der Waals surface area contributed by atoms with Crippen molar-refractivity contribution < 1.29 is 8.42 Å². The van der Waals surface area contributed by atoms with Gasteiger partial charge in [0.1, 0.15) is 5.25 Å². The molecule has 0 bridgehead atoms. The Balaban J connectivity index is 2.30. The van der Waals surface area contributed by atoms with E-state index in [0.29, 0.717) is 19.0 Å². The van der Waals surface area contributed by atoms with E-state index in [0.717, 1.165) is 6.54 Å². The van der Waals surface area contributed by atoms with Gasteiger partial charge in [0.15, 0.2) is 0 Å². The van der Waals surface area contributed by atoms with E-state index in [-0.39, 0.29) is 5.25 Å². The van der Waals surface area contributed by atoms with Gasteiger partial charge in [0, 0.05) is 25.5 Å².